The predicted octanol–water partition coefficient (Wildman–Crippen LogP) is 3.37. The molecule has 3 aromatic carbocycles. The summed E-state index contributed by atoms with van der Waals surface area (Å²) in [6.07, 6.45) is 0. The van der Waals surface area contributed by atoms with Crippen molar-refractivity contribution < 1.29 is 19.1 Å². The highest BCUT2D eigenvalue weighted by atomic mass is 16.5. The molecule has 0 saturated carbocycles. The maximum Gasteiger partial charge on any atom is 0.326 e. The molecule has 0 spiro atoms. The minimum absolute atomic E-state index is 0.373. The summed E-state index contributed by atoms with van der Waals surface area (Å²) in [6.45, 7) is 1.42. The van der Waals surface area contributed by atoms with E-state index in [1.54, 1.807) is 31.4 Å². The zero-order chi connectivity index (χ0) is 23.4. The summed E-state index contributed by atoms with van der Waals surface area (Å²) in [4.78, 5) is 40.4. The quantitative estimate of drug-likeness (QED) is 0.548. The summed E-state index contributed by atoms with van der Waals surface area (Å²) in [5.41, 5.74) is 0.655. The van der Waals surface area contributed by atoms with E-state index in [1.165, 1.54) is 0 Å². The summed E-state index contributed by atoms with van der Waals surface area (Å²) in [7, 11) is 1.56. The van der Waals surface area contributed by atoms with Crippen molar-refractivity contribution in [3.63, 3.8) is 0 Å². The van der Waals surface area contributed by atoms with Crippen LogP contribution in [-0.2, 0) is 15.1 Å². The number of ether oxygens (including phenoxy) is 1. The van der Waals surface area contributed by atoms with Crippen LogP contribution in [0.25, 0.3) is 0 Å². The molecular weight excluding hydrogens is 418 g/mol. The van der Waals surface area contributed by atoms with Crippen LogP contribution < -0.4 is 15.4 Å². The lowest BCUT2D eigenvalue weighted by Gasteiger charge is -2.28. The molecule has 4 rings (SSSR count). The molecule has 33 heavy (non-hydrogen) atoms. The van der Waals surface area contributed by atoms with Gasteiger partial charge in [-0.25, -0.2) is 4.79 Å². The number of benzene rings is 3. The van der Waals surface area contributed by atoms with Crippen molar-refractivity contribution in [1.29, 1.82) is 0 Å². The average Bonchev–Trinajstić information content (AvgIpc) is 3.10. The number of hydrogen-bond donors (Lipinski definition) is 2. The van der Waals surface area contributed by atoms with Gasteiger partial charge in [0.1, 0.15) is 12.3 Å². The monoisotopic (exact) mass is 443 g/mol. The van der Waals surface area contributed by atoms with E-state index in [9.17, 15) is 14.4 Å². The second kappa shape index (κ2) is 9.16. The number of para-hydroxylation sites is 1. The average molecular weight is 444 g/mol. The van der Waals surface area contributed by atoms with Gasteiger partial charge in [0, 0.05) is 5.56 Å². The molecule has 4 amide bonds. The first-order valence-electron chi connectivity index (χ1n) is 10.6. The Hall–Kier alpha value is -4.13. The van der Waals surface area contributed by atoms with Gasteiger partial charge in [0.25, 0.3) is 5.91 Å². The highest BCUT2D eigenvalue weighted by Crippen LogP contribution is 2.36. The number of imide groups is 1. The lowest BCUT2D eigenvalue weighted by molar-refractivity contribution is -0.134. The molecule has 2 N–H and O–H groups in total. The number of nitrogens with zero attached hydrogens (tertiary/aromatic N) is 1. The molecule has 0 radical (unpaired) electrons. The van der Waals surface area contributed by atoms with Crippen LogP contribution in [0.3, 0.4) is 0 Å². The molecule has 1 saturated heterocycles. The van der Waals surface area contributed by atoms with E-state index in [-0.39, 0.29) is 6.04 Å². The first kappa shape index (κ1) is 22.1. The van der Waals surface area contributed by atoms with Crippen LogP contribution in [0.1, 0.15) is 29.7 Å². The van der Waals surface area contributed by atoms with Gasteiger partial charge in [-0.05, 0) is 24.1 Å². The molecule has 3 aromatic rings. The lowest BCUT2D eigenvalue weighted by atomic mass is 9.82. The van der Waals surface area contributed by atoms with Crippen LogP contribution in [0.15, 0.2) is 84.9 Å². The summed E-state index contributed by atoms with van der Waals surface area (Å²) < 4.78 is 5.36. The van der Waals surface area contributed by atoms with Crippen LogP contribution in [-0.4, -0.2) is 36.4 Å². The Kier molecular flexibility index (Phi) is 6.13. The Morgan fingerprint density at radius 3 is 2.06 bits per heavy atom. The predicted molar refractivity (Wildman–Crippen MR) is 123 cm³/mol. The molecular formula is C26H25N3O4. The van der Waals surface area contributed by atoms with Crippen LogP contribution >= 0.6 is 0 Å². The third kappa shape index (κ3) is 4.05. The number of urea groups is 1. The van der Waals surface area contributed by atoms with E-state index in [0.29, 0.717) is 16.9 Å². The number of carbonyl (C=O) groups excluding carboxylic acids is 3. The Balaban J connectivity index is 1.59. The smallest absolute Gasteiger partial charge is 0.326 e. The van der Waals surface area contributed by atoms with Crippen molar-refractivity contribution >= 4 is 17.8 Å². The summed E-state index contributed by atoms with van der Waals surface area (Å²) >= 11 is 0. The summed E-state index contributed by atoms with van der Waals surface area (Å²) in [5.74, 6) is -0.300. The first-order chi connectivity index (χ1) is 16.0. The molecule has 0 bridgehead atoms. The number of hydrogen-bond acceptors (Lipinski definition) is 4. The van der Waals surface area contributed by atoms with Gasteiger partial charge in [-0.1, -0.05) is 78.9 Å². The Morgan fingerprint density at radius 2 is 1.48 bits per heavy atom. The molecule has 1 atom stereocenters. The van der Waals surface area contributed by atoms with Gasteiger partial charge >= 0.3 is 6.03 Å². The molecule has 7 heteroatoms. The van der Waals surface area contributed by atoms with Gasteiger partial charge in [0.05, 0.1) is 13.2 Å². The van der Waals surface area contributed by atoms with Gasteiger partial charge < -0.3 is 15.4 Å². The van der Waals surface area contributed by atoms with Crippen molar-refractivity contribution in [2.24, 2.45) is 0 Å². The molecule has 168 valence electrons. The largest absolute Gasteiger partial charge is 0.496 e. The molecule has 1 fully saturated rings. The molecule has 1 aliphatic heterocycles. The van der Waals surface area contributed by atoms with Crippen molar-refractivity contribution in [3.05, 3.63) is 102 Å². The van der Waals surface area contributed by atoms with Crippen LogP contribution in [0.5, 0.6) is 5.75 Å². The Bertz CT molecular complexity index is 1120. The van der Waals surface area contributed by atoms with Crippen molar-refractivity contribution in [2.45, 2.75) is 18.5 Å². The Morgan fingerprint density at radius 1 is 0.939 bits per heavy atom. The van der Waals surface area contributed by atoms with Crippen LogP contribution in [0.2, 0.25) is 0 Å². The molecule has 1 unspecified atom stereocenters. The van der Waals surface area contributed by atoms with Crippen molar-refractivity contribution in [2.75, 3.05) is 13.7 Å². The fourth-order valence-electron chi connectivity index (χ4n) is 4.19. The second-order valence-electron chi connectivity index (χ2n) is 7.83. The highest BCUT2D eigenvalue weighted by Gasteiger charge is 2.54. The third-order valence-electron chi connectivity index (χ3n) is 5.80. The van der Waals surface area contributed by atoms with E-state index in [1.807, 2.05) is 67.6 Å². The van der Waals surface area contributed by atoms with Gasteiger partial charge in [-0.15, -0.1) is 0 Å². The number of carbonyl (C=O) groups is 3. The highest BCUT2D eigenvalue weighted by molar-refractivity contribution is 6.11. The third-order valence-corrected chi connectivity index (χ3v) is 5.80. The molecule has 7 nitrogen and oxygen atoms in total. The van der Waals surface area contributed by atoms with Gasteiger partial charge in [-0.2, -0.15) is 0 Å². The fourth-order valence-corrected chi connectivity index (χ4v) is 4.19. The normalized spacial score (nSPS) is 15.6. The maximum absolute atomic E-state index is 13.7. The second-order valence-corrected chi connectivity index (χ2v) is 7.83. The molecule has 1 aliphatic rings. The first-order valence-corrected chi connectivity index (χ1v) is 10.6. The summed E-state index contributed by atoms with van der Waals surface area (Å²) in [6, 6.07) is 24.5. The number of nitrogens with one attached hydrogen (secondary N) is 2. The standard InChI is InChI=1S/C26H25N3O4/c1-18(21-15-9-10-16-22(21)33-2)27-23(30)17-29-24(31)26(28-25(29)32,19-11-5-3-6-12-19)20-13-7-4-8-14-20/h3-16,18H,17H2,1-2H3,(H,27,30)(H,28,32). The van der Waals surface area contributed by atoms with Crippen LogP contribution in [0, 0.1) is 0 Å². The minimum Gasteiger partial charge on any atom is -0.496 e. The van der Waals surface area contributed by atoms with E-state index in [2.05, 4.69) is 10.6 Å². The van der Waals surface area contributed by atoms with Crippen molar-refractivity contribution in [3.8, 4) is 5.75 Å². The molecule has 0 aromatic heterocycles. The number of amides is 4. The van der Waals surface area contributed by atoms with E-state index in [0.717, 1.165) is 10.5 Å². The number of methoxy groups -OCH3 is 1. The van der Waals surface area contributed by atoms with Gasteiger partial charge in [-0.3, -0.25) is 14.5 Å². The van der Waals surface area contributed by atoms with Gasteiger partial charge in [0.2, 0.25) is 5.91 Å². The van der Waals surface area contributed by atoms with Gasteiger partial charge in [0.15, 0.2) is 5.54 Å². The fraction of sp³-hybridized carbons (Fsp3) is 0.192. The van der Waals surface area contributed by atoms with E-state index >= 15 is 0 Å². The minimum atomic E-state index is -1.39. The van der Waals surface area contributed by atoms with E-state index in [4.69, 9.17) is 4.74 Å². The molecule has 0 aliphatic carbocycles. The number of rotatable bonds is 7. The van der Waals surface area contributed by atoms with Crippen LogP contribution in [0.4, 0.5) is 4.79 Å². The molecule has 1 heterocycles. The zero-order valence-electron chi connectivity index (χ0n) is 18.4. The Labute approximate surface area is 192 Å². The SMILES string of the molecule is COc1ccccc1C(C)NC(=O)CN1C(=O)NC(c2ccccc2)(c2ccccc2)C1=O. The lowest BCUT2D eigenvalue weighted by Crippen LogP contribution is -2.46. The van der Waals surface area contributed by atoms with E-state index < -0.39 is 29.9 Å². The maximum atomic E-state index is 13.7. The van der Waals surface area contributed by atoms with Crippen molar-refractivity contribution in [1.82, 2.24) is 15.5 Å². The summed E-state index contributed by atoms with van der Waals surface area (Å²) in [5, 5.41) is 5.70. The zero-order valence-corrected chi connectivity index (χ0v) is 18.4. The topological polar surface area (TPSA) is 87.7 Å².